The molecule has 0 aliphatic heterocycles. The summed E-state index contributed by atoms with van der Waals surface area (Å²) < 4.78 is 0. The third kappa shape index (κ3) is 4.73. The first-order chi connectivity index (χ1) is 5.24. The number of unbranched alkanes of at least 4 members (excludes halogenated alkanes) is 1. The summed E-state index contributed by atoms with van der Waals surface area (Å²) in [4.78, 5) is 0. The second-order valence-corrected chi connectivity index (χ2v) is 6.82. The summed E-state index contributed by atoms with van der Waals surface area (Å²) in [6, 6.07) is 0. The topological polar surface area (TPSA) is 60.7 Å². The van der Waals surface area contributed by atoms with Crippen molar-refractivity contribution in [2.24, 2.45) is 0 Å². The van der Waals surface area contributed by atoms with E-state index in [4.69, 9.17) is 15.3 Å². The van der Waals surface area contributed by atoms with Gasteiger partial charge in [-0.2, -0.15) is 0 Å². The molecule has 5 heteroatoms. The predicted octanol–water partition coefficient (Wildman–Crippen LogP) is -2.34. The van der Waals surface area contributed by atoms with Gasteiger partial charge in [0.25, 0.3) is 0 Å². The van der Waals surface area contributed by atoms with E-state index in [2.05, 4.69) is 6.92 Å². The fourth-order valence-corrected chi connectivity index (χ4v) is 2.52. The van der Waals surface area contributed by atoms with Crippen molar-refractivity contribution in [2.45, 2.75) is 19.8 Å². The standard InChI is InChI=1S/C7H18O3P.BrH/c1-2-3-4-11(5-8,6-9)7-10;/h8-10H,2-7H2,1H3;1H/q+1;/p-1. The van der Waals surface area contributed by atoms with Crippen molar-refractivity contribution in [3.05, 3.63) is 0 Å². The van der Waals surface area contributed by atoms with E-state index in [0.717, 1.165) is 19.0 Å². The van der Waals surface area contributed by atoms with E-state index in [0.29, 0.717) is 0 Å². The molecular weight excluding hydrogens is 243 g/mol. The molecule has 0 aliphatic carbocycles. The molecule has 3 nitrogen and oxygen atoms in total. The first-order valence-corrected chi connectivity index (χ1v) is 6.45. The minimum absolute atomic E-state index is 0. The van der Waals surface area contributed by atoms with Gasteiger partial charge in [-0.1, -0.05) is 13.3 Å². The average Bonchev–Trinajstić information content (AvgIpc) is 2.08. The molecule has 0 spiro atoms. The van der Waals surface area contributed by atoms with Crippen LogP contribution in [0.1, 0.15) is 19.8 Å². The second kappa shape index (κ2) is 8.39. The molecular formula is C7H18BrO3P. The normalized spacial score (nSPS) is 11.0. The first-order valence-electron chi connectivity index (χ1n) is 3.92. The fourth-order valence-electron chi connectivity index (χ4n) is 0.840. The van der Waals surface area contributed by atoms with Crippen molar-refractivity contribution in [3.8, 4) is 0 Å². The van der Waals surface area contributed by atoms with Crippen LogP contribution in [-0.4, -0.2) is 40.5 Å². The Labute approximate surface area is 84.9 Å². The van der Waals surface area contributed by atoms with E-state index in [1.165, 1.54) is 0 Å². The Kier molecular flexibility index (Phi) is 10.7. The quantitative estimate of drug-likeness (QED) is 0.469. The molecule has 0 aliphatic rings. The van der Waals surface area contributed by atoms with E-state index in [9.17, 15) is 0 Å². The van der Waals surface area contributed by atoms with Crippen LogP contribution < -0.4 is 17.0 Å². The molecule has 0 amide bonds. The van der Waals surface area contributed by atoms with Crippen LogP contribution in [0, 0.1) is 0 Å². The number of aliphatic hydroxyl groups is 3. The Hall–Kier alpha value is 0.790. The monoisotopic (exact) mass is 260 g/mol. The molecule has 0 saturated carbocycles. The van der Waals surface area contributed by atoms with E-state index >= 15 is 0 Å². The van der Waals surface area contributed by atoms with Crippen LogP contribution in [0.25, 0.3) is 0 Å². The summed E-state index contributed by atoms with van der Waals surface area (Å²) in [7, 11) is -1.79. The summed E-state index contributed by atoms with van der Waals surface area (Å²) in [5, 5.41) is 26.8. The Morgan fingerprint density at radius 3 is 1.67 bits per heavy atom. The SMILES string of the molecule is CCCC[P+](CO)(CO)CO.[Br-]. The van der Waals surface area contributed by atoms with E-state index in [-0.39, 0.29) is 36.0 Å². The van der Waals surface area contributed by atoms with Gasteiger partial charge in [-0.15, -0.1) is 0 Å². The number of hydrogen-bond acceptors (Lipinski definition) is 3. The molecule has 12 heavy (non-hydrogen) atoms. The van der Waals surface area contributed by atoms with Gasteiger partial charge in [-0.25, -0.2) is 0 Å². The summed E-state index contributed by atoms with van der Waals surface area (Å²) in [6.45, 7) is 2.06. The molecule has 0 fully saturated rings. The highest BCUT2D eigenvalue weighted by atomic mass is 79.9. The third-order valence-electron chi connectivity index (χ3n) is 1.89. The van der Waals surface area contributed by atoms with Crippen LogP contribution in [0.5, 0.6) is 0 Å². The molecule has 0 bridgehead atoms. The molecule has 0 unspecified atom stereocenters. The molecule has 3 N–H and O–H groups in total. The highest BCUT2D eigenvalue weighted by molar-refractivity contribution is 7.75. The van der Waals surface area contributed by atoms with Gasteiger partial charge in [0.05, 0.1) is 13.4 Å². The zero-order valence-electron chi connectivity index (χ0n) is 7.41. The van der Waals surface area contributed by atoms with Crippen LogP contribution in [0.3, 0.4) is 0 Å². The molecule has 0 aromatic heterocycles. The van der Waals surface area contributed by atoms with E-state index in [1.807, 2.05) is 0 Å². The zero-order valence-corrected chi connectivity index (χ0v) is 9.89. The van der Waals surface area contributed by atoms with Gasteiger partial charge < -0.3 is 32.3 Å². The van der Waals surface area contributed by atoms with Gasteiger partial charge >= 0.3 is 0 Å². The minimum atomic E-state index is -1.79. The lowest BCUT2D eigenvalue weighted by atomic mass is 10.4. The third-order valence-corrected chi connectivity index (χ3v) is 4.95. The molecule has 0 radical (unpaired) electrons. The molecule has 0 aromatic carbocycles. The molecule has 0 saturated heterocycles. The van der Waals surface area contributed by atoms with E-state index in [1.54, 1.807) is 0 Å². The van der Waals surface area contributed by atoms with Gasteiger partial charge in [0.1, 0.15) is 0 Å². The van der Waals surface area contributed by atoms with Crippen LogP contribution in [0.2, 0.25) is 0 Å². The summed E-state index contributed by atoms with van der Waals surface area (Å²) in [5.74, 6) is 0. The molecule has 76 valence electrons. The molecule has 0 rings (SSSR count). The van der Waals surface area contributed by atoms with Crippen LogP contribution in [0.15, 0.2) is 0 Å². The Balaban J connectivity index is 0. The van der Waals surface area contributed by atoms with E-state index < -0.39 is 7.26 Å². The second-order valence-electron chi connectivity index (χ2n) is 2.84. The lowest BCUT2D eigenvalue weighted by Gasteiger charge is -2.19. The first kappa shape index (κ1) is 15.3. The van der Waals surface area contributed by atoms with Gasteiger partial charge in [-0.3, -0.25) is 0 Å². The van der Waals surface area contributed by atoms with Crippen molar-refractivity contribution in [2.75, 3.05) is 25.2 Å². The van der Waals surface area contributed by atoms with Gasteiger partial charge in [-0.05, 0) is 6.42 Å². The summed E-state index contributed by atoms with van der Waals surface area (Å²) in [6.07, 6.45) is 2.74. The maximum Gasteiger partial charge on any atom is 0.158 e. The van der Waals surface area contributed by atoms with Crippen molar-refractivity contribution < 1.29 is 32.3 Å². The molecule has 0 atom stereocenters. The van der Waals surface area contributed by atoms with Crippen molar-refractivity contribution in [3.63, 3.8) is 0 Å². The Morgan fingerprint density at radius 2 is 1.42 bits per heavy atom. The highest BCUT2D eigenvalue weighted by Crippen LogP contribution is 2.56. The lowest BCUT2D eigenvalue weighted by molar-refractivity contribution is -0.00000500. The van der Waals surface area contributed by atoms with Crippen LogP contribution in [-0.2, 0) is 0 Å². The number of hydrogen-bond donors (Lipinski definition) is 3. The van der Waals surface area contributed by atoms with Gasteiger partial charge in [0.2, 0.25) is 0 Å². The van der Waals surface area contributed by atoms with Gasteiger partial charge in [0, 0.05) is 0 Å². The molecule has 0 heterocycles. The predicted molar refractivity (Wildman–Crippen MR) is 48.0 cm³/mol. The minimum Gasteiger partial charge on any atom is -1.00 e. The number of rotatable bonds is 6. The summed E-state index contributed by atoms with van der Waals surface area (Å²) in [5.41, 5.74) is 0. The van der Waals surface area contributed by atoms with Crippen molar-refractivity contribution in [1.29, 1.82) is 0 Å². The summed E-state index contributed by atoms with van der Waals surface area (Å²) >= 11 is 0. The Bertz CT molecular complexity index is 90.4. The van der Waals surface area contributed by atoms with Gasteiger partial charge in [0.15, 0.2) is 19.0 Å². The fraction of sp³-hybridized carbons (Fsp3) is 1.00. The van der Waals surface area contributed by atoms with Crippen molar-refractivity contribution in [1.82, 2.24) is 0 Å². The number of aliphatic hydroxyl groups excluding tert-OH is 3. The van der Waals surface area contributed by atoms with Crippen molar-refractivity contribution >= 4 is 7.26 Å². The maximum atomic E-state index is 8.93. The average molecular weight is 261 g/mol. The lowest BCUT2D eigenvalue weighted by Crippen LogP contribution is -3.00. The molecule has 0 aromatic rings. The zero-order chi connectivity index (χ0) is 8.74. The largest absolute Gasteiger partial charge is 1.00 e. The van der Waals surface area contributed by atoms with Crippen LogP contribution in [0.4, 0.5) is 0 Å². The Morgan fingerprint density at radius 1 is 1.00 bits per heavy atom. The van der Waals surface area contributed by atoms with Crippen LogP contribution >= 0.6 is 7.26 Å². The smallest absolute Gasteiger partial charge is 0.158 e. The maximum absolute atomic E-state index is 8.93. The highest BCUT2D eigenvalue weighted by Gasteiger charge is 2.34. The number of halogens is 1.